The monoisotopic (exact) mass is 451 g/mol. The van der Waals surface area contributed by atoms with Crippen LogP contribution >= 0.6 is 22.7 Å². The van der Waals surface area contributed by atoms with Gasteiger partial charge in [0.05, 0.1) is 5.69 Å². The summed E-state index contributed by atoms with van der Waals surface area (Å²) in [6.45, 7) is 4.27. The minimum atomic E-state index is -0.678. The van der Waals surface area contributed by atoms with E-state index in [1.54, 1.807) is 16.8 Å². The maximum Gasteiger partial charge on any atom is 0.321 e. The number of aromatic nitrogens is 1. The summed E-state index contributed by atoms with van der Waals surface area (Å²) < 4.78 is 0. The third-order valence-corrected chi connectivity index (χ3v) is 6.76. The highest BCUT2D eigenvalue weighted by Crippen LogP contribution is 2.24. The first kappa shape index (κ1) is 22.2. The van der Waals surface area contributed by atoms with Gasteiger partial charge in [-0.1, -0.05) is 0 Å². The Balaban J connectivity index is 1.69. The van der Waals surface area contributed by atoms with Gasteiger partial charge in [-0.3, -0.25) is 14.8 Å². The van der Waals surface area contributed by atoms with Gasteiger partial charge in [0.15, 0.2) is 5.13 Å². The van der Waals surface area contributed by atoms with Crippen molar-refractivity contribution in [1.82, 2.24) is 20.3 Å². The number of anilines is 1. The SMILES string of the molecule is Cc1nc(NC(=O)[C@@H]2CCCN2C(=O)N(CCc2ccsc2)CC(=O)NO)sc1C. The smallest absolute Gasteiger partial charge is 0.315 e. The fraction of sp³-hybridized carbons (Fsp3) is 0.474. The van der Waals surface area contributed by atoms with E-state index in [1.807, 2.05) is 30.7 Å². The average molecular weight is 452 g/mol. The highest BCUT2D eigenvalue weighted by Gasteiger charge is 2.37. The molecule has 2 aromatic rings. The van der Waals surface area contributed by atoms with E-state index in [0.29, 0.717) is 37.5 Å². The lowest BCUT2D eigenvalue weighted by Crippen LogP contribution is -2.52. The predicted molar refractivity (Wildman–Crippen MR) is 115 cm³/mol. The fourth-order valence-electron chi connectivity index (χ4n) is 3.31. The maximum absolute atomic E-state index is 13.2. The molecule has 0 radical (unpaired) electrons. The van der Waals surface area contributed by atoms with Crippen LogP contribution in [0.3, 0.4) is 0 Å². The molecule has 0 unspecified atom stereocenters. The van der Waals surface area contributed by atoms with Gasteiger partial charge in [0, 0.05) is 18.0 Å². The molecule has 1 aliphatic heterocycles. The van der Waals surface area contributed by atoms with Crippen molar-refractivity contribution < 1.29 is 19.6 Å². The molecule has 11 heteroatoms. The number of amides is 4. The number of likely N-dealkylation sites (tertiary alicyclic amines) is 1. The van der Waals surface area contributed by atoms with Crippen LogP contribution in [-0.2, 0) is 16.0 Å². The van der Waals surface area contributed by atoms with Crippen LogP contribution in [0.4, 0.5) is 9.93 Å². The molecule has 3 heterocycles. The molecule has 0 spiro atoms. The molecule has 0 saturated carbocycles. The van der Waals surface area contributed by atoms with Crippen molar-refractivity contribution in [2.24, 2.45) is 0 Å². The topological polar surface area (TPSA) is 115 Å². The number of hydrogen-bond acceptors (Lipinski definition) is 7. The Morgan fingerprint density at radius 2 is 2.17 bits per heavy atom. The second-order valence-corrected chi connectivity index (χ2v) is 9.11. The number of nitrogens with one attached hydrogen (secondary N) is 2. The third kappa shape index (κ3) is 5.35. The number of urea groups is 1. The number of aryl methyl sites for hydroxylation is 2. The lowest BCUT2D eigenvalue weighted by molar-refractivity contribution is -0.129. The number of carbonyl (C=O) groups is 3. The van der Waals surface area contributed by atoms with E-state index in [4.69, 9.17) is 5.21 Å². The quantitative estimate of drug-likeness (QED) is 0.442. The molecule has 0 aromatic carbocycles. The molecule has 0 aliphatic carbocycles. The molecule has 0 bridgehead atoms. The number of thiophene rings is 1. The molecule has 4 amide bonds. The van der Waals surface area contributed by atoms with Crippen LogP contribution in [0.1, 0.15) is 29.0 Å². The number of hydrogen-bond donors (Lipinski definition) is 3. The van der Waals surface area contributed by atoms with Gasteiger partial charge < -0.3 is 15.1 Å². The fourth-order valence-corrected chi connectivity index (χ4v) is 4.84. The van der Waals surface area contributed by atoms with E-state index < -0.39 is 18.0 Å². The summed E-state index contributed by atoms with van der Waals surface area (Å²) in [6.07, 6.45) is 1.83. The Hall–Kier alpha value is -2.50. The van der Waals surface area contributed by atoms with Crippen molar-refractivity contribution in [2.75, 3.05) is 25.0 Å². The number of thiazole rings is 1. The van der Waals surface area contributed by atoms with Gasteiger partial charge in [-0.25, -0.2) is 15.3 Å². The van der Waals surface area contributed by atoms with Crippen LogP contribution in [-0.4, -0.2) is 63.5 Å². The van der Waals surface area contributed by atoms with Crippen LogP contribution in [0.15, 0.2) is 16.8 Å². The second kappa shape index (κ2) is 10.0. The van der Waals surface area contributed by atoms with Gasteiger partial charge >= 0.3 is 6.03 Å². The number of nitrogens with zero attached hydrogens (tertiary/aromatic N) is 3. The van der Waals surface area contributed by atoms with Crippen LogP contribution in [0.2, 0.25) is 0 Å². The molecule has 3 N–H and O–H groups in total. The lowest BCUT2D eigenvalue weighted by atomic mass is 10.2. The maximum atomic E-state index is 13.2. The summed E-state index contributed by atoms with van der Waals surface area (Å²) in [5.74, 6) is -0.957. The van der Waals surface area contributed by atoms with Gasteiger partial charge in [0.2, 0.25) is 5.91 Å². The molecule has 9 nitrogen and oxygen atoms in total. The zero-order chi connectivity index (χ0) is 21.7. The Bertz CT molecular complexity index is 879. The summed E-state index contributed by atoms with van der Waals surface area (Å²) >= 11 is 2.96. The average Bonchev–Trinajstić information content (AvgIpc) is 3.46. The summed E-state index contributed by atoms with van der Waals surface area (Å²) in [5.41, 5.74) is 3.50. The Morgan fingerprint density at radius 1 is 1.37 bits per heavy atom. The first-order valence-corrected chi connectivity index (χ1v) is 11.4. The minimum absolute atomic E-state index is 0.279. The van der Waals surface area contributed by atoms with Crippen LogP contribution in [0.25, 0.3) is 0 Å². The Kier molecular flexibility index (Phi) is 7.40. The minimum Gasteiger partial charge on any atom is -0.315 e. The molecule has 30 heavy (non-hydrogen) atoms. The van der Waals surface area contributed by atoms with Crippen molar-refractivity contribution in [3.63, 3.8) is 0 Å². The van der Waals surface area contributed by atoms with Gasteiger partial charge in [0.1, 0.15) is 12.6 Å². The molecule has 1 fully saturated rings. The summed E-state index contributed by atoms with van der Waals surface area (Å²) in [5, 5.41) is 16.2. The van der Waals surface area contributed by atoms with Gasteiger partial charge in [0.25, 0.3) is 5.91 Å². The molecular weight excluding hydrogens is 426 g/mol. The summed E-state index contributed by atoms with van der Waals surface area (Å²) in [6, 6.07) is 0.949. The molecule has 1 atom stereocenters. The zero-order valence-electron chi connectivity index (χ0n) is 16.9. The van der Waals surface area contributed by atoms with E-state index in [-0.39, 0.29) is 12.5 Å². The van der Waals surface area contributed by atoms with E-state index in [1.165, 1.54) is 21.1 Å². The van der Waals surface area contributed by atoms with Crippen molar-refractivity contribution in [3.05, 3.63) is 33.0 Å². The molecule has 1 aliphatic rings. The van der Waals surface area contributed by atoms with Gasteiger partial charge in [-0.2, -0.15) is 11.3 Å². The van der Waals surface area contributed by atoms with Crippen LogP contribution in [0.5, 0.6) is 0 Å². The van der Waals surface area contributed by atoms with E-state index >= 15 is 0 Å². The predicted octanol–water partition coefficient (Wildman–Crippen LogP) is 2.39. The van der Waals surface area contributed by atoms with Crippen LogP contribution < -0.4 is 10.8 Å². The second-order valence-electron chi connectivity index (χ2n) is 7.12. The summed E-state index contributed by atoms with van der Waals surface area (Å²) in [7, 11) is 0. The first-order valence-electron chi connectivity index (χ1n) is 9.63. The molecule has 2 aromatic heterocycles. The van der Waals surface area contributed by atoms with Crippen molar-refractivity contribution in [3.8, 4) is 0 Å². The Labute approximate surface area is 182 Å². The normalized spacial score (nSPS) is 15.8. The van der Waals surface area contributed by atoms with Crippen LogP contribution in [0, 0.1) is 13.8 Å². The van der Waals surface area contributed by atoms with Gasteiger partial charge in [-0.15, -0.1) is 11.3 Å². The number of carbonyl (C=O) groups excluding carboxylic acids is 3. The number of rotatable bonds is 7. The molecule has 1 saturated heterocycles. The highest BCUT2D eigenvalue weighted by molar-refractivity contribution is 7.15. The van der Waals surface area contributed by atoms with Crippen molar-refractivity contribution in [1.29, 1.82) is 0 Å². The van der Waals surface area contributed by atoms with Crippen molar-refractivity contribution in [2.45, 2.75) is 39.2 Å². The van der Waals surface area contributed by atoms with Gasteiger partial charge in [-0.05, 0) is 55.5 Å². The number of hydroxylamine groups is 1. The zero-order valence-corrected chi connectivity index (χ0v) is 18.5. The van der Waals surface area contributed by atoms with E-state index in [2.05, 4.69) is 10.3 Å². The molecular formula is C19H25N5O4S2. The largest absolute Gasteiger partial charge is 0.321 e. The standard InChI is InChI=1S/C19H25N5O4S2/c1-12-13(2)30-18(20-12)21-17(26)15-4-3-7-24(15)19(27)23(10-16(25)22-28)8-5-14-6-9-29-11-14/h6,9,11,15,28H,3-5,7-8,10H2,1-2H3,(H,22,25)(H,20,21,26)/t15-/m0/s1. The van der Waals surface area contributed by atoms with E-state index in [0.717, 1.165) is 16.1 Å². The van der Waals surface area contributed by atoms with Crippen molar-refractivity contribution >= 4 is 45.7 Å². The molecule has 3 rings (SSSR count). The summed E-state index contributed by atoms with van der Waals surface area (Å²) in [4.78, 5) is 46.0. The highest BCUT2D eigenvalue weighted by atomic mass is 32.1. The lowest BCUT2D eigenvalue weighted by Gasteiger charge is -2.30. The molecule has 162 valence electrons. The third-order valence-electron chi connectivity index (χ3n) is 5.04. The van der Waals surface area contributed by atoms with E-state index in [9.17, 15) is 14.4 Å². The first-order chi connectivity index (χ1) is 14.4. The Morgan fingerprint density at radius 3 is 2.80 bits per heavy atom.